The van der Waals surface area contributed by atoms with Gasteiger partial charge < -0.3 is 10.2 Å². The standard InChI is InChI=1S/C16H20ClN3O/c1-11-6-14(18)8-20(7-11)9-15-10-21-16(19-15)12-2-4-13(17)5-3-12/h2-5,10-11,14H,6-9,18H2,1H3. The van der Waals surface area contributed by atoms with Gasteiger partial charge in [-0.1, -0.05) is 18.5 Å². The number of benzene rings is 1. The van der Waals surface area contributed by atoms with Gasteiger partial charge in [0.25, 0.3) is 0 Å². The Morgan fingerprint density at radius 3 is 2.81 bits per heavy atom. The number of hydrogen-bond acceptors (Lipinski definition) is 4. The van der Waals surface area contributed by atoms with Crippen molar-refractivity contribution in [3.8, 4) is 11.5 Å². The third-order valence-corrected chi connectivity index (χ3v) is 4.05. The smallest absolute Gasteiger partial charge is 0.226 e. The summed E-state index contributed by atoms with van der Waals surface area (Å²) in [6.07, 6.45) is 2.83. The van der Waals surface area contributed by atoms with E-state index in [0.29, 0.717) is 16.8 Å². The lowest BCUT2D eigenvalue weighted by molar-refractivity contribution is 0.157. The topological polar surface area (TPSA) is 55.3 Å². The largest absolute Gasteiger partial charge is 0.444 e. The van der Waals surface area contributed by atoms with E-state index < -0.39 is 0 Å². The molecule has 112 valence electrons. The fraction of sp³-hybridized carbons (Fsp3) is 0.438. The molecule has 2 N–H and O–H groups in total. The van der Waals surface area contributed by atoms with Gasteiger partial charge >= 0.3 is 0 Å². The number of hydrogen-bond donors (Lipinski definition) is 1. The van der Waals surface area contributed by atoms with Gasteiger partial charge in [0.2, 0.25) is 5.89 Å². The minimum Gasteiger partial charge on any atom is -0.444 e. The van der Waals surface area contributed by atoms with Crippen molar-refractivity contribution in [2.75, 3.05) is 13.1 Å². The Morgan fingerprint density at radius 2 is 2.10 bits per heavy atom. The Kier molecular flexibility index (Phi) is 4.29. The second-order valence-electron chi connectivity index (χ2n) is 5.95. The molecule has 2 unspecified atom stereocenters. The highest BCUT2D eigenvalue weighted by molar-refractivity contribution is 6.30. The predicted octanol–water partition coefficient (Wildman–Crippen LogP) is 3.16. The van der Waals surface area contributed by atoms with Crippen molar-refractivity contribution < 1.29 is 4.42 Å². The zero-order chi connectivity index (χ0) is 14.8. The van der Waals surface area contributed by atoms with Gasteiger partial charge in [-0.2, -0.15) is 0 Å². The summed E-state index contributed by atoms with van der Waals surface area (Å²) in [6.45, 7) is 5.02. The number of halogens is 1. The first-order valence-corrected chi connectivity index (χ1v) is 7.66. The summed E-state index contributed by atoms with van der Waals surface area (Å²) in [7, 11) is 0. The molecule has 1 aromatic heterocycles. The van der Waals surface area contributed by atoms with Crippen molar-refractivity contribution in [2.24, 2.45) is 11.7 Å². The monoisotopic (exact) mass is 305 g/mol. The molecule has 1 aromatic carbocycles. The zero-order valence-electron chi connectivity index (χ0n) is 12.1. The van der Waals surface area contributed by atoms with Crippen molar-refractivity contribution in [3.05, 3.63) is 41.2 Å². The van der Waals surface area contributed by atoms with E-state index in [1.165, 1.54) is 0 Å². The third kappa shape index (κ3) is 3.64. The summed E-state index contributed by atoms with van der Waals surface area (Å²) in [5.41, 5.74) is 7.97. The summed E-state index contributed by atoms with van der Waals surface area (Å²) in [5.74, 6) is 1.27. The van der Waals surface area contributed by atoms with E-state index in [4.69, 9.17) is 21.8 Å². The molecule has 0 bridgehead atoms. The van der Waals surface area contributed by atoms with Gasteiger partial charge in [-0.05, 0) is 36.6 Å². The molecule has 0 radical (unpaired) electrons. The maximum atomic E-state index is 6.08. The van der Waals surface area contributed by atoms with Crippen LogP contribution in [0.15, 0.2) is 34.9 Å². The van der Waals surface area contributed by atoms with Crippen LogP contribution in [-0.4, -0.2) is 29.0 Å². The van der Waals surface area contributed by atoms with Gasteiger partial charge in [0.05, 0.1) is 5.69 Å². The van der Waals surface area contributed by atoms with Crippen LogP contribution in [0, 0.1) is 5.92 Å². The molecule has 5 heteroatoms. The molecule has 0 saturated carbocycles. The van der Waals surface area contributed by atoms with Crippen LogP contribution in [0.4, 0.5) is 0 Å². The van der Waals surface area contributed by atoms with Gasteiger partial charge in [0.15, 0.2) is 0 Å². The number of rotatable bonds is 3. The molecule has 1 aliphatic rings. The van der Waals surface area contributed by atoms with Crippen molar-refractivity contribution in [3.63, 3.8) is 0 Å². The number of piperidine rings is 1. The molecule has 0 amide bonds. The fourth-order valence-corrected chi connectivity index (χ4v) is 3.10. The first kappa shape index (κ1) is 14.6. The van der Waals surface area contributed by atoms with Crippen LogP contribution >= 0.6 is 11.6 Å². The van der Waals surface area contributed by atoms with E-state index in [0.717, 1.165) is 37.3 Å². The summed E-state index contributed by atoms with van der Waals surface area (Å²) in [5, 5.41) is 0.710. The van der Waals surface area contributed by atoms with Crippen LogP contribution in [0.2, 0.25) is 5.02 Å². The lowest BCUT2D eigenvalue weighted by atomic mass is 9.96. The Hall–Kier alpha value is -1.36. The van der Waals surface area contributed by atoms with E-state index in [9.17, 15) is 0 Å². The molecule has 1 fully saturated rings. The molecular weight excluding hydrogens is 286 g/mol. The molecule has 21 heavy (non-hydrogen) atoms. The maximum Gasteiger partial charge on any atom is 0.226 e. The molecular formula is C16H20ClN3O. The molecule has 2 atom stereocenters. The van der Waals surface area contributed by atoms with Crippen molar-refractivity contribution in [1.82, 2.24) is 9.88 Å². The van der Waals surface area contributed by atoms with Crippen LogP contribution in [0.1, 0.15) is 19.0 Å². The number of aromatic nitrogens is 1. The van der Waals surface area contributed by atoms with Crippen molar-refractivity contribution in [1.29, 1.82) is 0 Å². The van der Waals surface area contributed by atoms with Crippen LogP contribution in [0.25, 0.3) is 11.5 Å². The molecule has 4 nitrogen and oxygen atoms in total. The quantitative estimate of drug-likeness (QED) is 0.946. The minimum atomic E-state index is 0.261. The predicted molar refractivity (Wildman–Crippen MR) is 84.0 cm³/mol. The third-order valence-electron chi connectivity index (χ3n) is 3.80. The average Bonchev–Trinajstić information content (AvgIpc) is 2.87. The molecule has 3 rings (SSSR count). The van der Waals surface area contributed by atoms with Gasteiger partial charge in [-0.3, -0.25) is 4.90 Å². The minimum absolute atomic E-state index is 0.261. The van der Waals surface area contributed by atoms with Gasteiger partial charge in [-0.15, -0.1) is 0 Å². The Bertz CT molecular complexity index is 586. The van der Waals surface area contributed by atoms with Crippen molar-refractivity contribution in [2.45, 2.75) is 25.9 Å². The van der Waals surface area contributed by atoms with E-state index >= 15 is 0 Å². The van der Waals surface area contributed by atoms with E-state index in [1.54, 1.807) is 6.26 Å². The van der Waals surface area contributed by atoms with Crippen LogP contribution < -0.4 is 5.73 Å². The lowest BCUT2D eigenvalue weighted by Crippen LogP contribution is -2.45. The fourth-order valence-electron chi connectivity index (χ4n) is 2.98. The summed E-state index contributed by atoms with van der Waals surface area (Å²) in [6, 6.07) is 7.77. The van der Waals surface area contributed by atoms with Crippen LogP contribution in [0.3, 0.4) is 0 Å². The number of likely N-dealkylation sites (tertiary alicyclic amines) is 1. The van der Waals surface area contributed by atoms with Crippen LogP contribution in [0.5, 0.6) is 0 Å². The van der Waals surface area contributed by atoms with Crippen LogP contribution in [-0.2, 0) is 6.54 Å². The van der Waals surface area contributed by atoms with E-state index in [-0.39, 0.29) is 6.04 Å². The maximum absolute atomic E-state index is 6.08. The number of oxazole rings is 1. The normalized spacial score (nSPS) is 23.4. The number of nitrogens with two attached hydrogens (primary N) is 1. The Morgan fingerprint density at radius 1 is 1.33 bits per heavy atom. The highest BCUT2D eigenvalue weighted by Gasteiger charge is 2.23. The first-order chi connectivity index (χ1) is 10.1. The second kappa shape index (κ2) is 6.18. The Balaban J connectivity index is 1.69. The summed E-state index contributed by atoms with van der Waals surface area (Å²) >= 11 is 5.89. The lowest BCUT2D eigenvalue weighted by Gasteiger charge is -2.34. The molecule has 2 heterocycles. The highest BCUT2D eigenvalue weighted by Crippen LogP contribution is 2.22. The van der Waals surface area contributed by atoms with Gasteiger partial charge in [0.1, 0.15) is 6.26 Å². The van der Waals surface area contributed by atoms with E-state index in [1.807, 2.05) is 24.3 Å². The van der Waals surface area contributed by atoms with Crippen molar-refractivity contribution >= 4 is 11.6 Å². The van der Waals surface area contributed by atoms with E-state index in [2.05, 4.69) is 16.8 Å². The van der Waals surface area contributed by atoms with Gasteiger partial charge in [0, 0.05) is 36.3 Å². The zero-order valence-corrected chi connectivity index (χ0v) is 12.9. The molecule has 1 aliphatic heterocycles. The Labute approximate surface area is 129 Å². The molecule has 1 saturated heterocycles. The van der Waals surface area contributed by atoms with Gasteiger partial charge in [-0.25, -0.2) is 4.98 Å². The summed E-state index contributed by atoms with van der Waals surface area (Å²) in [4.78, 5) is 6.91. The SMILES string of the molecule is CC1CC(N)CN(Cc2coc(-c3ccc(Cl)cc3)n2)C1. The summed E-state index contributed by atoms with van der Waals surface area (Å²) < 4.78 is 5.57. The second-order valence-corrected chi connectivity index (χ2v) is 6.38. The average molecular weight is 306 g/mol. The molecule has 2 aromatic rings. The first-order valence-electron chi connectivity index (χ1n) is 7.28. The molecule has 0 spiro atoms. The number of nitrogens with zero attached hydrogens (tertiary/aromatic N) is 2. The molecule has 0 aliphatic carbocycles. The highest BCUT2D eigenvalue weighted by atomic mass is 35.5.